The van der Waals surface area contributed by atoms with E-state index in [9.17, 15) is 9.00 Å². The minimum Gasteiger partial charge on any atom is -0.493 e. The van der Waals surface area contributed by atoms with E-state index in [2.05, 4.69) is 10.3 Å². The van der Waals surface area contributed by atoms with Crippen LogP contribution in [0.4, 0.5) is 11.4 Å². The number of anilines is 2. The number of hydrogen-bond donors (Lipinski definition) is 2. The summed E-state index contributed by atoms with van der Waals surface area (Å²) in [5.74, 6) is 0.500. The second kappa shape index (κ2) is 8.66. The molecule has 7 nitrogen and oxygen atoms in total. The fraction of sp³-hybridized carbons (Fsp3) is 0.333. The highest BCUT2D eigenvalue weighted by atomic mass is 32.2. The average Bonchev–Trinajstić information content (AvgIpc) is 2.61. The van der Waals surface area contributed by atoms with Gasteiger partial charge < -0.3 is 20.5 Å². The van der Waals surface area contributed by atoms with Gasteiger partial charge in [0.2, 0.25) is 11.8 Å². The third-order valence-electron chi connectivity index (χ3n) is 3.58. The largest absolute Gasteiger partial charge is 0.493 e. The summed E-state index contributed by atoms with van der Waals surface area (Å²) >= 11 is 0. The van der Waals surface area contributed by atoms with E-state index in [0.717, 1.165) is 12.0 Å². The molecule has 2 rings (SSSR count). The quantitative estimate of drug-likeness (QED) is 0.719. The van der Waals surface area contributed by atoms with Gasteiger partial charge in [-0.3, -0.25) is 4.79 Å². The Hall–Kier alpha value is -2.61. The van der Waals surface area contributed by atoms with Crippen molar-refractivity contribution in [1.82, 2.24) is 4.98 Å². The van der Waals surface area contributed by atoms with E-state index < -0.39 is 10.8 Å². The summed E-state index contributed by atoms with van der Waals surface area (Å²) in [6, 6.07) is 6.56. The summed E-state index contributed by atoms with van der Waals surface area (Å²) in [5.41, 5.74) is 7.99. The first-order chi connectivity index (χ1) is 12.4. The summed E-state index contributed by atoms with van der Waals surface area (Å²) in [4.78, 5) is 16.0. The molecule has 0 bridgehead atoms. The number of pyridine rings is 1. The molecular weight excluding hydrogens is 354 g/mol. The van der Waals surface area contributed by atoms with Crippen LogP contribution in [0.25, 0.3) is 0 Å². The molecule has 0 saturated heterocycles. The van der Waals surface area contributed by atoms with Crippen molar-refractivity contribution in [2.24, 2.45) is 0 Å². The van der Waals surface area contributed by atoms with Crippen molar-refractivity contribution in [3.05, 3.63) is 29.8 Å². The number of benzene rings is 1. The number of carbonyl (C=O) groups is 1. The first-order valence-electron chi connectivity index (χ1n) is 8.20. The van der Waals surface area contributed by atoms with Gasteiger partial charge in [0.25, 0.3) is 0 Å². The zero-order chi connectivity index (χ0) is 19.3. The van der Waals surface area contributed by atoms with Gasteiger partial charge in [-0.1, -0.05) is 6.92 Å². The fourth-order valence-corrected chi connectivity index (χ4v) is 3.57. The van der Waals surface area contributed by atoms with Crippen LogP contribution in [-0.2, 0) is 22.0 Å². The van der Waals surface area contributed by atoms with Gasteiger partial charge in [0.15, 0.2) is 0 Å². The van der Waals surface area contributed by atoms with Gasteiger partial charge in [-0.15, -0.1) is 0 Å². The van der Waals surface area contributed by atoms with Crippen molar-refractivity contribution in [3.63, 3.8) is 0 Å². The zero-order valence-electron chi connectivity index (χ0n) is 15.3. The molecule has 1 heterocycles. The van der Waals surface area contributed by atoms with Crippen LogP contribution in [0.15, 0.2) is 34.2 Å². The zero-order valence-corrected chi connectivity index (χ0v) is 16.1. The first-order valence-corrected chi connectivity index (χ1v) is 9.35. The van der Waals surface area contributed by atoms with Crippen LogP contribution in [0.1, 0.15) is 26.3 Å². The molecule has 140 valence electrons. The third-order valence-corrected chi connectivity index (χ3v) is 4.89. The van der Waals surface area contributed by atoms with E-state index in [1.807, 2.05) is 13.8 Å². The van der Waals surface area contributed by atoms with Crippen molar-refractivity contribution in [2.75, 3.05) is 24.8 Å². The Morgan fingerprint density at radius 1 is 1.27 bits per heavy atom. The Balaban J connectivity index is 2.54. The van der Waals surface area contributed by atoms with Gasteiger partial charge >= 0.3 is 0 Å². The molecule has 8 heteroatoms. The molecule has 0 aliphatic heterocycles. The molecule has 0 saturated carbocycles. The van der Waals surface area contributed by atoms with Crippen LogP contribution >= 0.6 is 0 Å². The highest BCUT2D eigenvalue weighted by Gasteiger charge is 2.19. The van der Waals surface area contributed by atoms with Gasteiger partial charge in [-0.05, 0) is 37.1 Å². The monoisotopic (exact) mass is 377 g/mol. The van der Waals surface area contributed by atoms with Crippen molar-refractivity contribution < 1.29 is 18.5 Å². The average molecular weight is 377 g/mol. The van der Waals surface area contributed by atoms with Gasteiger partial charge in [0.05, 0.1) is 18.6 Å². The maximum Gasteiger partial charge on any atom is 0.221 e. The Labute approximate surface area is 155 Å². The van der Waals surface area contributed by atoms with E-state index in [-0.39, 0.29) is 16.8 Å². The Morgan fingerprint density at radius 3 is 2.58 bits per heavy atom. The fourth-order valence-electron chi connectivity index (χ4n) is 2.41. The molecule has 0 aliphatic rings. The lowest BCUT2D eigenvalue weighted by atomic mass is 10.1. The molecular formula is C18H23N3O4S. The van der Waals surface area contributed by atoms with Crippen LogP contribution in [0, 0.1) is 0 Å². The molecule has 26 heavy (non-hydrogen) atoms. The lowest BCUT2D eigenvalue weighted by Crippen LogP contribution is -2.09. The van der Waals surface area contributed by atoms with Gasteiger partial charge in [0.1, 0.15) is 21.6 Å². The summed E-state index contributed by atoms with van der Waals surface area (Å²) in [5, 5.41) is 2.88. The smallest absolute Gasteiger partial charge is 0.221 e. The van der Waals surface area contributed by atoms with Crippen LogP contribution in [0.5, 0.6) is 11.6 Å². The number of methoxy groups -OCH3 is 1. The number of aryl methyl sites for hydroxylation is 1. The number of ether oxygens (including phenoxy) is 2. The summed E-state index contributed by atoms with van der Waals surface area (Å²) in [6.45, 7) is 5.66. The number of rotatable bonds is 7. The maximum absolute atomic E-state index is 13.1. The van der Waals surface area contributed by atoms with Crippen molar-refractivity contribution >= 4 is 28.1 Å². The van der Waals surface area contributed by atoms with Crippen molar-refractivity contribution in [3.8, 4) is 11.6 Å². The highest BCUT2D eigenvalue weighted by molar-refractivity contribution is 7.85. The number of hydrogen-bond acceptors (Lipinski definition) is 6. The molecule has 0 fully saturated rings. The molecule has 1 atom stereocenters. The number of nitrogen functional groups attached to an aromatic ring is 1. The first kappa shape index (κ1) is 19.7. The standard InChI is InChI=1S/C18H23N3O4S/c1-5-12-7-15(25-6-2)16(10-14(12)19)26(23)18-9-13(20-11(3)22)8-17(21-18)24-4/h7-10H,5-6,19H2,1-4H3,(H,20,21,22). The number of aromatic nitrogens is 1. The molecule has 1 aromatic carbocycles. The normalized spacial score (nSPS) is 11.7. The molecule has 3 N–H and O–H groups in total. The summed E-state index contributed by atoms with van der Waals surface area (Å²) in [6.07, 6.45) is 0.739. The molecule has 0 radical (unpaired) electrons. The van der Waals surface area contributed by atoms with Crippen LogP contribution < -0.4 is 20.5 Å². The second-order valence-electron chi connectivity index (χ2n) is 5.47. The van der Waals surface area contributed by atoms with Gasteiger partial charge in [-0.25, -0.2) is 9.19 Å². The van der Waals surface area contributed by atoms with E-state index >= 15 is 0 Å². The maximum atomic E-state index is 13.1. The second-order valence-corrected chi connectivity index (χ2v) is 6.87. The lowest BCUT2D eigenvalue weighted by Gasteiger charge is -2.14. The van der Waals surface area contributed by atoms with Crippen LogP contribution in [0.3, 0.4) is 0 Å². The summed E-state index contributed by atoms with van der Waals surface area (Å²) in [7, 11) is -0.214. The Kier molecular flexibility index (Phi) is 6.57. The number of amides is 1. The van der Waals surface area contributed by atoms with E-state index in [4.69, 9.17) is 15.2 Å². The molecule has 2 aromatic rings. The molecule has 1 aromatic heterocycles. The lowest BCUT2D eigenvalue weighted by molar-refractivity contribution is -0.114. The Morgan fingerprint density at radius 2 is 2.00 bits per heavy atom. The summed E-state index contributed by atoms with van der Waals surface area (Å²) < 4.78 is 23.9. The molecule has 1 unspecified atom stereocenters. The molecule has 1 amide bonds. The third kappa shape index (κ3) is 4.51. The van der Waals surface area contributed by atoms with Crippen LogP contribution in [-0.4, -0.2) is 28.8 Å². The van der Waals surface area contributed by atoms with Gasteiger partial charge in [0, 0.05) is 24.4 Å². The predicted octanol–water partition coefficient (Wildman–Crippen LogP) is 2.76. The minimum absolute atomic E-state index is 0.234. The number of carbonyl (C=O) groups excluding carboxylic acids is 1. The number of nitrogens with two attached hydrogens (primary N) is 1. The SMILES string of the molecule is CCOc1cc(CC)c(N)cc1S(=O)c1cc(NC(C)=O)cc(OC)n1. The van der Waals surface area contributed by atoms with Crippen LogP contribution in [0.2, 0.25) is 0 Å². The minimum atomic E-state index is -1.66. The highest BCUT2D eigenvalue weighted by Crippen LogP contribution is 2.32. The number of nitrogens with zero attached hydrogens (tertiary/aromatic N) is 1. The Bertz CT molecular complexity index is 839. The van der Waals surface area contributed by atoms with E-state index in [1.54, 1.807) is 24.3 Å². The van der Waals surface area contributed by atoms with Crippen molar-refractivity contribution in [2.45, 2.75) is 37.1 Å². The van der Waals surface area contributed by atoms with E-state index in [0.29, 0.717) is 28.6 Å². The topological polar surface area (TPSA) is 104 Å². The van der Waals surface area contributed by atoms with Gasteiger partial charge in [-0.2, -0.15) is 0 Å². The molecule has 0 aliphatic carbocycles. The number of nitrogens with one attached hydrogen (secondary N) is 1. The van der Waals surface area contributed by atoms with E-state index in [1.165, 1.54) is 14.0 Å². The van der Waals surface area contributed by atoms with Crippen molar-refractivity contribution in [1.29, 1.82) is 0 Å². The molecule has 0 spiro atoms. The predicted molar refractivity (Wildman–Crippen MR) is 101 cm³/mol.